The molecule has 1 aromatic carbocycles. The van der Waals surface area contributed by atoms with Crippen LogP contribution in [0.5, 0.6) is 0 Å². The quantitative estimate of drug-likeness (QED) is 0.785. The van der Waals surface area contributed by atoms with E-state index in [2.05, 4.69) is 20.3 Å². The first kappa shape index (κ1) is 13.5. The Hall–Kier alpha value is -2.46. The molecular formula is C16H13ClN4. The predicted octanol–water partition coefficient (Wildman–Crippen LogP) is 4.24. The van der Waals surface area contributed by atoms with Gasteiger partial charge in [-0.25, -0.2) is 4.98 Å². The first-order valence-electron chi connectivity index (χ1n) is 6.49. The smallest absolute Gasteiger partial charge is 0.149 e. The Morgan fingerprint density at radius 3 is 2.48 bits per heavy atom. The molecule has 2 heterocycles. The van der Waals surface area contributed by atoms with Crippen LogP contribution < -0.4 is 5.32 Å². The average molecular weight is 297 g/mol. The largest absolute Gasteiger partial charge is 0.339 e. The molecule has 0 spiro atoms. The summed E-state index contributed by atoms with van der Waals surface area (Å²) in [7, 11) is 0. The minimum atomic E-state index is 0.665. The van der Waals surface area contributed by atoms with E-state index in [4.69, 9.17) is 11.6 Å². The van der Waals surface area contributed by atoms with Crippen molar-refractivity contribution in [2.24, 2.45) is 0 Å². The molecule has 0 aliphatic rings. The van der Waals surface area contributed by atoms with E-state index in [1.165, 1.54) is 0 Å². The van der Waals surface area contributed by atoms with E-state index in [9.17, 15) is 0 Å². The van der Waals surface area contributed by atoms with E-state index in [0.717, 1.165) is 22.8 Å². The molecule has 0 unspecified atom stereocenters. The summed E-state index contributed by atoms with van der Waals surface area (Å²) >= 11 is 5.87. The molecular weight excluding hydrogens is 284 g/mol. The lowest BCUT2D eigenvalue weighted by molar-refractivity contribution is 1.14. The maximum Gasteiger partial charge on any atom is 0.149 e. The number of nitrogens with zero attached hydrogens (tertiary/aromatic N) is 3. The van der Waals surface area contributed by atoms with Crippen LogP contribution in [0.2, 0.25) is 5.02 Å². The fourth-order valence-electron chi connectivity index (χ4n) is 1.92. The van der Waals surface area contributed by atoms with Gasteiger partial charge < -0.3 is 5.32 Å². The van der Waals surface area contributed by atoms with Gasteiger partial charge in [0.15, 0.2) is 0 Å². The molecule has 0 radical (unpaired) electrons. The highest BCUT2D eigenvalue weighted by Crippen LogP contribution is 2.20. The van der Waals surface area contributed by atoms with Gasteiger partial charge in [-0.2, -0.15) is 0 Å². The average Bonchev–Trinajstić information content (AvgIpc) is 2.50. The van der Waals surface area contributed by atoms with Crippen LogP contribution in [-0.4, -0.2) is 15.0 Å². The molecule has 3 rings (SSSR count). The van der Waals surface area contributed by atoms with Gasteiger partial charge in [-0.1, -0.05) is 17.7 Å². The highest BCUT2D eigenvalue weighted by molar-refractivity contribution is 6.30. The fraction of sp³-hybridized carbons (Fsp3) is 0.0625. The van der Waals surface area contributed by atoms with Crippen LogP contribution in [0.15, 0.2) is 54.9 Å². The number of hydrogen-bond donors (Lipinski definition) is 1. The number of aryl methyl sites for hydroxylation is 1. The summed E-state index contributed by atoms with van der Waals surface area (Å²) in [6.07, 6.45) is 3.38. The fourth-order valence-corrected chi connectivity index (χ4v) is 2.04. The van der Waals surface area contributed by atoms with Crippen molar-refractivity contribution in [3.63, 3.8) is 0 Å². The van der Waals surface area contributed by atoms with Crippen molar-refractivity contribution in [3.05, 3.63) is 65.6 Å². The Labute approximate surface area is 127 Å². The van der Waals surface area contributed by atoms with E-state index in [1.54, 1.807) is 12.4 Å². The molecule has 21 heavy (non-hydrogen) atoms. The van der Waals surface area contributed by atoms with Crippen LogP contribution in [0.4, 0.5) is 11.5 Å². The normalized spacial score (nSPS) is 10.4. The second kappa shape index (κ2) is 5.89. The maximum atomic E-state index is 5.87. The molecule has 0 saturated carbocycles. The van der Waals surface area contributed by atoms with Gasteiger partial charge in [-0.3, -0.25) is 9.97 Å². The van der Waals surface area contributed by atoms with Gasteiger partial charge in [0, 0.05) is 16.4 Å². The molecule has 0 aliphatic heterocycles. The van der Waals surface area contributed by atoms with Gasteiger partial charge in [-0.05, 0) is 43.3 Å². The predicted molar refractivity (Wildman–Crippen MR) is 84.7 cm³/mol. The first-order valence-corrected chi connectivity index (χ1v) is 6.87. The number of hydrogen-bond acceptors (Lipinski definition) is 4. The van der Waals surface area contributed by atoms with Gasteiger partial charge >= 0.3 is 0 Å². The molecule has 0 fully saturated rings. The summed E-state index contributed by atoms with van der Waals surface area (Å²) in [6.45, 7) is 1.95. The van der Waals surface area contributed by atoms with Crippen LogP contribution in [0, 0.1) is 6.92 Å². The van der Waals surface area contributed by atoms with Gasteiger partial charge in [0.25, 0.3) is 0 Å². The zero-order valence-electron chi connectivity index (χ0n) is 11.4. The molecule has 5 heteroatoms. The molecule has 0 amide bonds. The number of halogens is 1. The van der Waals surface area contributed by atoms with E-state index >= 15 is 0 Å². The van der Waals surface area contributed by atoms with E-state index < -0.39 is 0 Å². The number of nitrogens with one attached hydrogen (secondary N) is 1. The molecule has 0 aliphatic carbocycles. The van der Waals surface area contributed by atoms with E-state index in [-0.39, 0.29) is 0 Å². The number of benzene rings is 1. The maximum absolute atomic E-state index is 5.87. The van der Waals surface area contributed by atoms with Gasteiger partial charge in [0.05, 0.1) is 18.1 Å². The molecule has 0 atom stereocenters. The third kappa shape index (κ3) is 3.35. The standard InChI is InChI=1S/C16H13ClN4/c1-11-3-2-4-14(19-11)15-9-18-10-16(21-15)20-13-7-5-12(17)6-8-13/h2-10H,1H3,(H,20,21). The zero-order valence-corrected chi connectivity index (χ0v) is 12.2. The molecule has 0 saturated heterocycles. The highest BCUT2D eigenvalue weighted by Gasteiger charge is 2.04. The van der Waals surface area contributed by atoms with Crippen molar-refractivity contribution in [2.75, 3.05) is 5.32 Å². The Morgan fingerprint density at radius 2 is 1.71 bits per heavy atom. The Kier molecular flexibility index (Phi) is 3.79. The summed E-state index contributed by atoms with van der Waals surface area (Å²) in [6, 6.07) is 13.3. The van der Waals surface area contributed by atoms with Crippen LogP contribution >= 0.6 is 11.6 Å². The first-order chi connectivity index (χ1) is 10.2. The lowest BCUT2D eigenvalue weighted by Crippen LogP contribution is -1.97. The van der Waals surface area contributed by atoms with Crippen molar-refractivity contribution in [3.8, 4) is 11.4 Å². The molecule has 2 aromatic heterocycles. The second-order valence-corrected chi connectivity index (χ2v) is 5.02. The number of anilines is 2. The summed E-state index contributed by atoms with van der Waals surface area (Å²) in [4.78, 5) is 13.2. The van der Waals surface area contributed by atoms with Crippen LogP contribution in [0.25, 0.3) is 11.4 Å². The Balaban J connectivity index is 1.88. The molecule has 1 N–H and O–H groups in total. The lowest BCUT2D eigenvalue weighted by atomic mass is 10.2. The minimum Gasteiger partial charge on any atom is -0.339 e. The van der Waals surface area contributed by atoms with Crippen LogP contribution in [0.3, 0.4) is 0 Å². The zero-order chi connectivity index (χ0) is 14.7. The van der Waals surface area contributed by atoms with Crippen LogP contribution in [0.1, 0.15) is 5.69 Å². The second-order valence-electron chi connectivity index (χ2n) is 4.59. The van der Waals surface area contributed by atoms with Gasteiger partial charge in [0.2, 0.25) is 0 Å². The monoisotopic (exact) mass is 296 g/mol. The summed E-state index contributed by atoms with van der Waals surface area (Å²) in [5.41, 5.74) is 3.40. The SMILES string of the molecule is Cc1cccc(-c2cncc(Nc3ccc(Cl)cc3)n2)n1. The van der Waals surface area contributed by atoms with Crippen molar-refractivity contribution < 1.29 is 0 Å². The number of pyridine rings is 1. The molecule has 3 aromatic rings. The molecule has 4 nitrogen and oxygen atoms in total. The Bertz CT molecular complexity index is 756. The Morgan fingerprint density at radius 1 is 0.905 bits per heavy atom. The van der Waals surface area contributed by atoms with Gasteiger partial charge in [0.1, 0.15) is 11.5 Å². The van der Waals surface area contributed by atoms with Gasteiger partial charge in [-0.15, -0.1) is 0 Å². The highest BCUT2D eigenvalue weighted by atomic mass is 35.5. The van der Waals surface area contributed by atoms with Crippen LogP contribution in [-0.2, 0) is 0 Å². The third-order valence-electron chi connectivity index (χ3n) is 2.90. The minimum absolute atomic E-state index is 0.665. The van der Waals surface area contributed by atoms with Crippen molar-refractivity contribution in [1.29, 1.82) is 0 Å². The number of rotatable bonds is 3. The topological polar surface area (TPSA) is 50.7 Å². The van der Waals surface area contributed by atoms with E-state index in [0.29, 0.717) is 10.8 Å². The summed E-state index contributed by atoms with van der Waals surface area (Å²) in [5, 5.41) is 3.89. The van der Waals surface area contributed by atoms with Crippen molar-refractivity contribution in [2.45, 2.75) is 6.92 Å². The number of aromatic nitrogens is 3. The summed E-state index contributed by atoms with van der Waals surface area (Å²) in [5.74, 6) is 0.665. The summed E-state index contributed by atoms with van der Waals surface area (Å²) < 4.78 is 0. The van der Waals surface area contributed by atoms with Crippen molar-refractivity contribution in [1.82, 2.24) is 15.0 Å². The molecule has 0 bridgehead atoms. The van der Waals surface area contributed by atoms with Crippen molar-refractivity contribution >= 4 is 23.1 Å². The van der Waals surface area contributed by atoms with E-state index in [1.807, 2.05) is 49.4 Å². The lowest BCUT2D eigenvalue weighted by Gasteiger charge is -2.07. The molecule has 104 valence electrons. The third-order valence-corrected chi connectivity index (χ3v) is 3.15.